The third-order valence-corrected chi connectivity index (χ3v) is 4.32. The Morgan fingerprint density at radius 1 is 1.04 bits per heavy atom. The van der Waals surface area contributed by atoms with E-state index in [-0.39, 0.29) is 11.2 Å². The molecule has 0 radical (unpaired) electrons. The van der Waals surface area contributed by atoms with Gasteiger partial charge in [0.05, 0.1) is 12.1 Å². The Bertz CT molecular complexity index is 759. The van der Waals surface area contributed by atoms with E-state index < -0.39 is 0 Å². The van der Waals surface area contributed by atoms with Crippen LogP contribution in [-0.2, 0) is 5.41 Å². The molecular weight excluding hydrogens is 331 g/mol. The van der Waals surface area contributed by atoms with Crippen molar-refractivity contribution in [2.45, 2.75) is 33.1 Å². The first-order chi connectivity index (χ1) is 10.6. The summed E-state index contributed by atoms with van der Waals surface area (Å²) >= 11 is 12.1. The summed E-state index contributed by atoms with van der Waals surface area (Å²) < 4.78 is 5.48. The van der Waals surface area contributed by atoms with Crippen molar-refractivity contribution in [3.05, 3.63) is 62.6 Å². The molecular formula is C19H20Cl2O2. The lowest BCUT2D eigenvalue weighted by atomic mass is 9.83. The van der Waals surface area contributed by atoms with Gasteiger partial charge in [-0.1, -0.05) is 44.0 Å². The van der Waals surface area contributed by atoms with Gasteiger partial charge in [-0.25, -0.2) is 0 Å². The van der Waals surface area contributed by atoms with Crippen LogP contribution < -0.4 is 4.74 Å². The number of ketones is 1. The summed E-state index contributed by atoms with van der Waals surface area (Å²) in [6.45, 7) is 8.16. The van der Waals surface area contributed by atoms with Crippen molar-refractivity contribution in [2.24, 2.45) is 0 Å². The first-order valence-corrected chi connectivity index (χ1v) is 8.09. The first kappa shape index (κ1) is 17.8. The standard InChI is InChI=1S/C19H20Cl2O2/c1-11-8-17(23-5)15(19(2,3)4)10-14(11)18(22)13-7-6-12(20)9-16(13)21/h6-10H,1-5H3. The lowest BCUT2D eigenvalue weighted by molar-refractivity contribution is 0.103. The molecule has 0 aliphatic carbocycles. The number of carbonyl (C=O) groups is 1. The molecule has 2 rings (SSSR count). The predicted octanol–water partition coefficient (Wildman–Crippen LogP) is 5.84. The fourth-order valence-electron chi connectivity index (χ4n) is 2.50. The molecule has 0 heterocycles. The average molecular weight is 351 g/mol. The summed E-state index contributed by atoms with van der Waals surface area (Å²) in [5, 5.41) is 0.864. The summed E-state index contributed by atoms with van der Waals surface area (Å²) in [7, 11) is 1.64. The molecule has 0 amide bonds. The highest BCUT2D eigenvalue weighted by atomic mass is 35.5. The van der Waals surface area contributed by atoms with E-state index in [0.717, 1.165) is 16.9 Å². The second-order valence-corrected chi connectivity index (χ2v) is 7.41. The Balaban J connectivity index is 2.61. The summed E-state index contributed by atoms with van der Waals surface area (Å²) in [5.74, 6) is 0.672. The van der Waals surface area contributed by atoms with Crippen LogP contribution in [0.1, 0.15) is 47.8 Å². The molecule has 0 unspecified atom stereocenters. The molecule has 0 saturated carbocycles. The highest BCUT2D eigenvalue weighted by Crippen LogP contribution is 2.35. The number of aryl methyl sites for hydroxylation is 1. The van der Waals surface area contributed by atoms with Crippen LogP contribution in [0, 0.1) is 6.92 Å². The minimum absolute atomic E-state index is 0.114. The third kappa shape index (κ3) is 3.70. The molecule has 0 aliphatic rings. The number of benzene rings is 2. The van der Waals surface area contributed by atoms with Crippen molar-refractivity contribution in [3.63, 3.8) is 0 Å². The van der Waals surface area contributed by atoms with Crippen LogP contribution in [-0.4, -0.2) is 12.9 Å². The lowest BCUT2D eigenvalue weighted by Gasteiger charge is -2.24. The number of ether oxygens (including phenoxy) is 1. The Morgan fingerprint density at radius 3 is 2.22 bits per heavy atom. The van der Waals surface area contributed by atoms with E-state index in [0.29, 0.717) is 21.2 Å². The third-order valence-electron chi connectivity index (χ3n) is 3.77. The highest BCUT2D eigenvalue weighted by Gasteiger charge is 2.23. The van der Waals surface area contributed by atoms with Crippen LogP contribution >= 0.6 is 23.2 Å². The van der Waals surface area contributed by atoms with Crippen molar-refractivity contribution >= 4 is 29.0 Å². The maximum atomic E-state index is 12.9. The van der Waals surface area contributed by atoms with E-state index in [1.807, 2.05) is 19.1 Å². The molecule has 23 heavy (non-hydrogen) atoms. The fourth-order valence-corrected chi connectivity index (χ4v) is 2.99. The molecule has 0 bridgehead atoms. The minimum Gasteiger partial charge on any atom is -0.496 e. The predicted molar refractivity (Wildman–Crippen MR) is 96.3 cm³/mol. The average Bonchev–Trinajstić information content (AvgIpc) is 2.45. The van der Waals surface area contributed by atoms with Gasteiger partial charge in [-0.15, -0.1) is 0 Å². The molecule has 2 aromatic rings. The largest absolute Gasteiger partial charge is 0.496 e. The van der Waals surface area contributed by atoms with E-state index >= 15 is 0 Å². The number of halogens is 2. The molecule has 0 saturated heterocycles. The first-order valence-electron chi connectivity index (χ1n) is 7.34. The minimum atomic E-state index is -0.141. The maximum Gasteiger partial charge on any atom is 0.194 e. The van der Waals surface area contributed by atoms with Crippen LogP contribution in [0.2, 0.25) is 10.0 Å². The second kappa shape index (κ2) is 6.54. The molecule has 0 aliphatic heterocycles. The van der Waals surface area contributed by atoms with Crippen LogP contribution in [0.4, 0.5) is 0 Å². The van der Waals surface area contributed by atoms with E-state index in [1.54, 1.807) is 25.3 Å². The molecule has 4 heteroatoms. The van der Waals surface area contributed by atoms with Gasteiger partial charge in [-0.05, 0) is 48.2 Å². The van der Waals surface area contributed by atoms with E-state index in [4.69, 9.17) is 27.9 Å². The van der Waals surface area contributed by atoms with Crippen molar-refractivity contribution in [1.82, 2.24) is 0 Å². The van der Waals surface area contributed by atoms with Gasteiger partial charge in [0.25, 0.3) is 0 Å². The van der Waals surface area contributed by atoms with Crippen LogP contribution in [0.5, 0.6) is 5.75 Å². The zero-order valence-electron chi connectivity index (χ0n) is 14.0. The van der Waals surface area contributed by atoms with Gasteiger partial charge < -0.3 is 4.74 Å². The Kier molecular flexibility index (Phi) is 5.07. The number of hydrogen-bond donors (Lipinski definition) is 0. The van der Waals surface area contributed by atoms with Crippen LogP contribution in [0.25, 0.3) is 0 Å². The van der Waals surface area contributed by atoms with Gasteiger partial charge >= 0.3 is 0 Å². The normalized spacial score (nSPS) is 11.4. The van der Waals surface area contributed by atoms with E-state index in [9.17, 15) is 4.79 Å². The summed E-state index contributed by atoms with van der Waals surface area (Å²) in [4.78, 5) is 12.9. The summed E-state index contributed by atoms with van der Waals surface area (Å²) in [6.07, 6.45) is 0. The Hall–Kier alpha value is -1.51. The van der Waals surface area contributed by atoms with Crippen molar-refractivity contribution in [2.75, 3.05) is 7.11 Å². The molecule has 0 fully saturated rings. The monoisotopic (exact) mass is 350 g/mol. The molecule has 0 N–H and O–H groups in total. The van der Waals surface area contributed by atoms with Crippen LogP contribution in [0.15, 0.2) is 30.3 Å². The summed E-state index contributed by atoms with van der Waals surface area (Å²) in [5.41, 5.74) is 2.77. The Labute approximate surface area is 147 Å². The van der Waals surface area contributed by atoms with Crippen molar-refractivity contribution in [3.8, 4) is 5.75 Å². The summed E-state index contributed by atoms with van der Waals surface area (Å²) in [6, 6.07) is 8.72. The van der Waals surface area contributed by atoms with Gasteiger partial charge in [0.2, 0.25) is 0 Å². The van der Waals surface area contributed by atoms with Gasteiger partial charge in [-0.2, -0.15) is 0 Å². The zero-order chi connectivity index (χ0) is 17.4. The van der Waals surface area contributed by atoms with Gasteiger partial charge in [0.15, 0.2) is 5.78 Å². The van der Waals surface area contributed by atoms with Crippen molar-refractivity contribution < 1.29 is 9.53 Å². The van der Waals surface area contributed by atoms with Crippen molar-refractivity contribution in [1.29, 1.82) is 0 Å². The molecule has 2 aromatic carbocycles. The number of methoxy groups -OCH3 is 1. The molecule has 2 nitrogen and oxygen atoms in total. The Morgan fingerprint density at radius 2 is 1.70 bits per heavy atom. The van der Waals surface area contributed by atoms with Gasteiger partial charge in [-0.3, -0.25) is 4.79 Å². The number of hydrogen-bond acceptors (Lipinski definition) is 2. The lowest BCUT2D eigenvalue weighted by Crippen LogP contribution is -2.15. The molecule has 0 aromatic heterocycles. The molecule has 122 valence electrons. The smallest absolute Gasteiger partial charge is 0.194 e. The molecule has 0 spiro atoms. The van der Waals surface area contributed by atoms with Gasteiger partial charge in [0, 0.05) is 21.7 Å². The zero-order valence-corrected chi connectivity index (χ0v) is 15.5. The van der Waals surface area contributed by atoms with E-state index in [1.165, 1.54) is 0 Å². The highest BCUT2D eigenvalue weighted by molar-refractivity contribution is 6.37. The molecule has 0 atom stereocenters. The number of carbonyl (C=O) groups excluding carboxylic acids is 1. The fraction of sp³-hybridized carbons (Fsp3) is 0.316. The topological polar surface area (TPSA) is 26.3 Å². The quantitative estimate of drug-likeness (QED) is 0.650. The maximum absolute atomic E-state index is 12.9. The SMILES string of the molecule is COc1cc(C)c(C(=O)c2ccc(Cl)cc2Cl)cc1C(C)(C)C. The second-order valence-electron chi connectivity index (χ2n) is 6.57. The number of rotatable bonds is 3. The van der Waals surface area contributed by atoms with Crippen LogP contribution in [0.3, 0.4) is 0 Å². The van der Waals surface area contributed by atoms with E-state index in [2.05, 4.69) is 20.8 Å². The van der Waals surface area contributed by atoms with Gasteiger partial charge in [0.1, 0.15) is 5.75 Å².